The molecule has 0 spiro atoms. The standard InChI is InChI=1S/C40H79NO5/c1-5-9-11-13-15-17-21-29-37(7-3)45-39(43)31-23-19-25-33-41(35-27-28-36-42)34-26-20-24-32-40(44)46-38(8-4)30-22-18-16-14-12-10-6-2/h37-38,42H,5-36H2,1-4H3. The number of unbranched alkanes of at least 4 members (excludes halogenated alkanes) is 17. The number of carbonyl (C=O) groups is 2. The fourth-order valence-corrected chi connectivity index (χ4v) is 6.19. The van der Waals surface area contributed by atoms with Crippen molar-refractivity contribution in [3.05, 3.63) is 0 Å². The second-order valence-electron chi connectivity index (χ2n) is 13.8. The summed E-state index contributed by atoms with van der Waals surface area (Å²) in [4.78, 5) is 27.4. The lowest BCUT2D eigenvalue weighted by atomic mass is 10.1. The number of rotatable bonds is 36. The summed E-state index contributed by atoms with van der Waals surface area (Å²) in [5.41, 5.74) is 0. The van der Waals surface area contributed by atoms with Crippen molar-refractivity contribution in [3.8, 4) is 0 Å². The van der Waals surface area contributed by atoms with E-state index in [1.165, 1.54) is 77.0 Å². The van der Waals surface area contributed by atoms with Crippen LogP contribution in [-0.2, 0) is 19.1 Å². The topological polar surface area (TPSA) is 76.1 Å². The van der Waals surface area contributed by atoms with E-state index in [4.69, 9.17) is 9.47 Å². The molecule has 2 unspecified atom stereocenters. The molecule has 0 saturated heterocycles. The first kappa shape index (κ1) is 44.9. The summed E-state index contributed by atoms with van der Waals surface area (Å²) in [5.74, 6) is -0.0626. The molecule has 0 aromatic rings. The third kappa shape index (κ3) is 30.2. The molecule has 0 amide bonds. The first-order chi connectivity index (χ1) is 22.5. The minimum absolute atomic E-state index is 0.0313. The molecule has 0 bridgehead atoms. The predicted octanol–water partition coefficient (Wildman–Crippen LogP) is 11.1. The van der Waals surface area contributed by atoms with E-state index in [2.05, 4.69) is 32.6 Å². The number of hydrogen-bond donors (Lipinski definition) is 1. The maximum absolute atomic E-state index is 12.4. The summed E-state index contributed by atoms with van der Waals surface area (Å²) in [5, 5.41) is 9.23. The molecule has 274 valence electrons. The molecule has 46 heavy (non-hydrogen) atoms. The van der Waals surface area contributed by atoms with Crippen LogP contribution in [-0.4, -0.2) is 60.4 Å². The van der Waals surface area contributed by atoms with Crippen molar-refractivity contribution >= 4 is 11.9 Å². The highest BCUT2D eigenvalue weighted by Gasteiger charge is 2.14. The Bertz CT molecular complexity index is 608. The van der Waals surface area contributed by atoms with Crippen molar-refractivity contribution in [3.63, 3.8) is 0 Å². The van der Waals surface area contributed by atoms with Crippen molar-refractivity contribution in [1.29, 1.82) is 0 Å². The van der Waals surface area contributed by atoms with Crippen LogP contribution in [0, 0.1) is 0 Å². The van der Waals surface area contributed by atoms with Gasteiger partial charge in [-0.2, -0.15) is 0 Å². The Morgan fingerprint density at radius 3 is 1.20 bits per heavy atom. The summed E-state index contributed by atoms with van der Waals surface area (Å²) < 4.78 is 11.6. The maximum Gasteiger partial charge on any atom is 0.306 e. The molecule has 0 fully saturated rings. The Labute approximate surface area is 286 Å². The fourth-order valence-electron chi connectivity index (χ4n) is 6.19. The molecule has 0 aliphatic heterocycles. The summed E-state index contributed by atoms with van der Waals surface area (Å²) in [7, 11) is 0. The number of nitrogens with zero attached hydrogens (tertiary/aromatic N) is 1. The molecule has 0 rings (SSSR count). The monoisotopic (exact) mass is 654 g/mol. The fraction of sp³-hybridized carbons (Fsp3) is 0.950. The Hall–Kier alpha value is -1.14. The van der Waals surface area contributed by atoms with E-state index in [1.54, 1.807) is 0 Å². The highest BCUT2D eigenvalue weighted by molar-refractivity contribution is 5.69. The van der Waals surface area contributed by atoms with Crippen LogP contribution < -0.4 is 0 Å². The van der Waals surface area contributed by atoms with Crippen LogP contribution in [0.2, 0.25) is 0 Å². The van der Waals surface area contributed by atoms with Crippen LogP contribution in [0.3, 0.4) is 0 Å². The molecule has 2 atom stereocenters. The van der Waals surface area contributed by atoms with Crippen LogP contribution in [0.25, 0.3) is 0 Å². The zero-order valence-electron chi connectivity index (χ0n) is 31.3. The third-order valence-corrected chi connectivity index (χ3v) is 9.36. The number of hydrogen-bond acceptors (Lipinski definition) is 6. The predicted molar refractivity (Wildman–Crippen MR) is 195 cm³/mol. The number of aliphatic hydroxyl groups is 1. The van der Waals surface area contributed by atoms with Crippen molar-refractivity contribution in [1.82, 2.24) is 4.90 Å². The zero-order valence-corrected chi connectivity index (χ0v) is 31.3. The highest BCUT2D eigenvalue weighted by Crippen LogP contribution is 2.16. The average Bonchev–Trinajstić information content (AvgIpc) is 3.05. The van der Waals surface area contributed by atoms with Gasteiger partial charge in [-0.3, -0.25) is 9.59 Å². The van der Waals surface area contributed by atoms with Gasteiger partial charge in [0.05, 0.1) is 0 Å². The van der Waals surface area contributed by atoms with Crippen LogP contribution >= 0.6 is 0 Å². The SMILES string of the molecule is CCCCCCCCCC(CC)OC(=O)CCCCCN(CCCCO)CCCCCC(=O)OC(CC)CCCCCCCCC. The molecular weight excluding hydrogens is 574 g/mol. The molecule has 0 aromatic carbocycles. The van der Waals surface area contributed by atoms with E-state index in [-0.39, 0.29) is 30.8 Å². The van der Waals surface area contributed by atoms with Crippen LogP contribution in [0.5, 0.6) is 0 Å². The number of carbonyl (C=O) groups excluding carboxylic acids is 2. The van der Waals surface area contributed by atoms with E-state index in [0.717, 1.165) is 110 Å². The molecule has 0 heterocycles. The molecular formula is C40H79NO5. The van der Waals surface area contributed by atoms with Gasteiger partial charge in [0.15, 0.2) is 0 Å². The van der Waals surface area contributed by atoms with Gasteiger partial charge in [-0.25, -0.2) is 0 Å². The van der Waals surface area contributed by atoms with Crippen LogP contribution in [0.4, 0.5) is 0 Å². The number of esters is 2. The van der Waals surface area contributed by atoms with Gasteiger partial charge < -0.3 is 19.5 Å². The normalized spacial score (nSPS) is 12.8. The van der Waals surface area contributed by atoms with E-state index < -0.39 is 0 Å². The van der Waals surface area contributed by atoms with Gasteiger partial charge in [0.2, 0.25) is 0 Å². The maximum atomic E-state index is 12.4. The van der Waals surface area contributed by atoms with E-state index >= 15 is 0 Å². The molecule has 0 aliphatic carbocycles. The van der Waals surface area contributed by atoms with Gasteiger partial charge in [-0.1, -0.05) is 118 Å². The lowest BCUT2D eigenvalue weighted by molar-refractivity contribution is -0.150. The van der Waals surface area contributed by atoms with Crippen molar-refractivity contribution in [2.45, 2.75) is 220 Å². The highest BCUT2D eigenvalue weighted by atomic mass is 16.5. The second-order valence-corrected chi connectivity index (χ2v) is 13.8. The first-order valence-corrected chi connectivity index (χ1v) is 20.2. The molecule has 1 N–H and O–H groups in total. The second kappa shape index (κ2) is 35.2. The molecule has 0 aromatic heterocycles. The van der Waals surface area contributed by atoms with Gasteiger partial charge in [0.25, 0.3) is 0 Å². The molecule has 6 nitrogen and oxygen atoms in total. The zero-order chi connectivity index (χ0) is 33.9. The van der Waals surface area contributed by atoms with Crippen molar-refractivity contribution in [2.75, 3.05) is 26.2 Å². The molecule has 6 heteroatoms. The number of ether oxygens (including phenoxy) is 2. The Balaban J connectivity index is 4.10. The smallest absolute Gasteiger partial charge is 0.306 e. The van der Waals surface area contributed by atoms with Gasteiger partial charge >= 0.3 is 11.9 Å². The Kier molecular flexibility index (Phi) is 34.3. The number of aliphatic hydroxyl groups excluding tert-OH is 1. The van der Waals surface area contributed by atoms with E-state index in [1.807, 2.05) is 0 Å². The van der Waals surface area contributed by atoms with Gasteiger partial charge in [0.1, 0.15) is 12.2 Å². The van der Waals surface area contributed by atoms with Crippen LogP contribution in [0.15, 0.2) is 0 Å². The lowest BCUT2D eigenvalue weighted by Crippen LogP contribution is -2.27. The summed E-state index contributed by atoms with van der Waals surface area (Å²) in [6, 6.07) is 0. The van der Waals surface area contributed by atoms with E-state index in [9.17, 15) is 14.7 Å². The molecule has 0 aliphatic rings. The minimum Gasteiger partial charge on any atom is -0.462 e. The summed E-state index contributed by atoms with van der Waals surface area (Å²) >= 11 is 0. The third-order valence-electron chi connectivity index (χ3n) is 9.36. The molecule has 0 radical (unpaired) electrons. The summed E-state index contributed by atoms with van der Waals surface area (Å²) in [6.45, 7) is 12.0. The lowest BCUT2D eigenvalue weighted by Gasteiger charge is -2.22. The minimum atomic E-state index is -0.0313. The van der Waals surface area contributed by atoms with Crippen LogP contribution in [0.1, 0.15) is 207 Å². The Morgan fingerprint density at radius 2 is 0.826 bits per heavy atom. The average molecular weight is 654 g/mol. The van der Waals surface area contributed by atoms with Crippen molar-refractivity contribution < 1.29 is 24.2 Å². The molecule has 0 saturated carbocycles. The van der Waals surface area contributed by atoms with Gasteiger partial charge in [-0.05, 0) is 96.7 Å². The quantitative estimate of drug-likeness (QED) is 0.0535. The van der Waals surface area contributed by atoms with Gasteiger partial charge in [-0.15, -0.1) is 0 Å². The van der Waals surface area contributed by atoms with Crippen molar-refractivity contribution in [2.24, 2.45) is 0 Å². The first-order valence-electron chi connectivity index (χ1n) is 20.2. The summed E-state index contributed by atoms with van der Waals surface area (Å²) in [6.07, 6.45) is 30.9. The largest absolute Gasteiger partial charge is 0.462 e. The Morgan fingerprint density at radius 1 is 0.478 bits per heavy atom. The van der Waals surface area contributed by atoms with E-state index in [0.29, 0.717) is 12.8 Å². The van der Waals surface area contributed by atoms with Gasteiger partial charge in [0, 0.05) is 19.4 Å².